The summed E-state index contributed by atoms with van der Waals surface area (Å²) < 4.78 is 0. The quantitative estimate of drug-likeness (QED) is 0.281. The summed E-state index contributed by atoms with van der Waals surface area (Å²) in [4.78, 5) is 0. The van der Waals surface area contributed by atoms with Crippen LogP contribution in [0.2, 0.25) is 0 Å². The SMILES string of the molecule is Cc1ccc(N/N=C(/N=Nc2ccccc2O)c2ccccc2)cc1C. The Kier molecular flexibility index (Phi) is 5.39. The van der Waals surface area contributed by atoms with E-state index in [1.165, 1.54) is 11.1 Å². The number of hydrogen-bond donors (Lipinski definition) is 2. The summed E-state index contributed by atoms with van der Waals surface area (Å²) >= 11 is 0. The molecule has 0 bridgehead atoms. The number of hydrogen-bond acceptors (Lipinski definition) is 4. The largest absolute Gasteiger partial charge is 0.506 e. The van der Waals surface area contributed by atoms with E-state index in [9.17, 15) is 5.11 Å². The highest BCUT2D eigenvalue weighted by Gasteiger charge is 2.04. The molecule has 0 saturated carbocycles. The van der Waals surface area contributed by atoms with E-state index in [0.29, 0.717) is 11.5 Å². The first kappa shape index (κ1) is 17.4. The first-order chi connectivity index (χ1) is 12.6. The molecule has 3 aromatic rings. The summed E-state index contributed by atoms with van der Waals surface area (Å²) in [5.74, 6) is 0.498. The van der Waals surface area contributed by atoms with Gasteiger partial charge in [0.2, 0.25) is 5.84 Å². The number of para-hydroxylation sites is 1. The lowest BCUT2D eigenvalue weighted by atomic mass is 10.1. The molecule has 0 heterocycles. The van der Waals surface area contributed by atoms with Crippen molar-refractivity contribution in [2.45, 2.75) is 13.8 Å². The number of phenols is 1. The van der Waals surface area contributed by atoms with Crippen LogP contribution in [0.15, 0.2) is 88.1 Å². The van der Waals surface area contributed by atoms with Gasteiger partial charge in [0.05, 0.1) is 5.69 Å². The van der Waals surface area contributed by atoms with Crippen LogP contribution >= 0.6 is 0 Å². The molecule has 0 aliphatic rings. The molecule has 0 aliphatic carbocycles. The Balaban J connectivity index is 1.90. The molecule has 0 aromatic heterocycles. The van der Waals surface area contributed by atoms with Crippen molar-refractivity contribution < 1.29 is 5.11 Å². The van der Waals surface area contributed by atoms with Crippen LogP contribution < -0.4 is 5.43 Å². The zero-order chi connectivity index (χ0) is 18.4. The molecule has 0 unspecified atom stereocenters. The number of amidine groups is 1. The Labute approximate surface area is 152 Å². The molecule has 0 saturated heterocycles. The number of nitrogens with zero attached hydrogens (tertiary/aromatic N) is 3. The van der Waals surface area contributed by atoms with Crippen molar-refractivity contribution in [3.05, 3.63) is 89.5 Å². The number of hydrazone groups is 1. The van der Waals surface area contributed by atoms with Gasteiger partial charge in [-0.1, -0.05) is 48.5 Å². The lowest BCUT2D eigenvalue weighted by Gasteiger charge is -2.06. The van der Waals surface area contributed by atoms with Gasteiger partial charge >= 0.3 is 0 Å². The molecule has 0 amide bonds. The van der Waals surface area contributed by atoms with Crippen LogP contribution in [0.5, 0.6) is 5.75 Å². The first-order valence-electron chi connectivity index (χ1n) is 8.29. The zero-order valence-electron chi connectivity index (χ0n) is 14.7. The fourth-order valence-electron chi connectivity index (χ4n) is 2.31. The lowest BCUT2D eigenvalue weighted by Crippen LogP contribution is -2.01. The van der Waals surface area contributed by atoms with Crippen molar-refractivity contribution in [1.82, 2.24) is 0 Å². The number of aryl methyl sites for hydroxylation is 2. The number of rotatable bonds is 4. The Morgan fingerprint density at radius 2 is 1.58 bits per heavy atom. The molecule has 130 valence electrons. The maximum absolute atomic E-state index is 9.85. The number of benzene rings is 3. The maximum Gasteiger partial charge on any atom is 0.201 e. The summed E-state index contributed by atoms with van der Waals surface area (Å²) in [6.07, 6.45) is 0. The fourth-order valence-corrected chi connectivity index (χ4v) is 2.31. The third-order valence-corrected chi connectivity index (χ3v) is 3.96. The third kappa shape index (κ3) is 4.33. The summed E-state index contributed by atoms with van der Waals surface area (Å²) in [7, 11) is 0. The van der Waals surface area contributed by atoms with Gasteiger partial charge in [0, 0.05) is 5.56 Å². The third-order valence-electron chi connectivity index (χ3n) is 3.96. The Morgan fingerprint density at radius 1 is 0.846 bits per heavy atom. The molecule has 5 nitrogen and oxygen atoms in total. The Bertz CT molecular complexity index is 949. The van der Waals surface area contributed by atoms with Crippen molar-refractivity contribution in [3.8, 4) is 5.75 Å². The van der Waals surface area contributed by atoms with Gasteiger partial charge in [-0.2, -0.15) is 5.10 Å². The average molecular weight is 344 g/mol. The van der Waals surface area contributed by atoms with Crippen molar-refractivity contribution in [2.75, 3.05) is 5.43 Å². The van der Waals surface area contributed by atoms with Gasteiger partial charge in [0.1, 0.15) is 11.4 Å². The van der Waals surface area contributed by atoms with Crippen LogP contribution in [0.3, 0.4) is 0 Å². The van der Waals surface area contributed by atoms with Crippen molar-refractivity contribution in [2.24, 2.45) is 15.3 Å². The molecule has 3 aromatic carbocycles. The van der Waals surface area contributed by atoms with Crippen LogP contribution in [0, 0.1) is 13.8 Å². The number of azo groups is 1. The Morgan fingerprint density at radius 3 is 2.31 bits per heavy atom. The summed E-state index contributed by atoms with van der Waals surface area (Å²) in [5, 5.41) is 22.6. The number of aromatic hydroxyl groups is 1. The van der Waals surface area contributed by atoms with Crippen LogP contribution in [-0.2, 0) is 0 Å². The molecule has 2 N–H and O–H groups in total. The van der Waals surface area contributed by atoms with Gasteiger partial charge in [-0.25, -0.2) is 0 Å². The van der Waals surface area contributed by atoms with Crippen molar-refractivity contribution in [3.63, 3.8) is 0 Å². The number of phenolic OH excluding ortho intramolecular Hbond substituents is 1. The van der Waals surface area contributed by atoms with Gasteiger partial charge < -0.3 is 5.11 Å². The zero-order valence-corrected chi connectivity index (χ0v) is 14.7. The molecule has 0 atom stereocenters. The van der Waals surface area contributed by atoms with E-state index in [2.05, 4.69) is 34.6 Å². The standard InChI is InChI=1S/C21H20N4O/c1-15-12-13-18(14-16(15)2)22-24-21(17-8-4-3-5-9-17)25-23-19-10-6-7-11-20(19)26/h3-14,22,26H,1-2H3/b24-21+,25-23?. The maximum atomic E-state index is 9.85. The highest BCUT2D eigenvalue weighted by atomic mass is 16.3. The molecule has 0 fully saturated rings. The predicted octanol–water partition coefficient (Wildman–Crippen LogP) is 5.57. The fraction of sp³-hybridized carbons (Fsp3) is 0.0952. The molecule has 0 aliphatic heterocycles. The van der Waals surface area contributed by atoms with E-state index in [1.54, 1.807) is 24.3 Å². The van der Waals surface area contributed by atoms with Gasteiger partial charge in [0.15, 0.2) is 0 Å². The van der Waals surface area contributed by atoms with E-state index in [-0.39, 0.29) is 5.75 Å². The van der Waals surface area contributed by atoms with E-state index >= 15 is 0 Å². The number of anilines is 1. The van der Waals surface area contributed by atoms with Crippen LogP contribution in [0.4, 0.5) is 11.4 Å². The van der Waals surface area contributed by atoms with E-state index < -0.39 is 0 Å². The molecule has 0 radical (unpaired) electrons. The minimum absolute atomic E-state index is 0.0748. The smallest absolute Gasteiger partial charge is 0.201 e. The topological polar surface area (TPSA) is 69.3 Å². The normalized spacial score (nSPS) is 11.7. The second-order valence-electron chi connectivity index (χ2n) is 5.90. The Hall–Kier alpha value is -3.47. The monoisotopic (exact) mass is 344 g/mol. The highest BCUT2D eigenvalue weighted by Crippen LogP contribution is 2.25. The second kappa shape index (κ2) is 8.07. The molecule has 3 rings (SSSR count). The lowest BCUT2D eigenvalue weighted by molar-refractivity contribution is 0.476. The van der Waals surface area contributed by atoms with E-state index in [0.717, 1.165) is 11.3 Å². The molecule has 0 spiro atoms. The summed E-state index contributed by atoms with van der Waals surface area (Å²) in [6, 6.07) is 22.4. The molecular weight excluding hydrogens is 324 g/mol. The highest BCUT2D eigenvalue weighted by molar-refractivity contribution is 5.99. The predicted molar refractivity (Wildman–Crippen MR) is 105 cm³/mol. The second-order valence-corrected chi connectivity index (χ2v) is 5.90. The molecule has 26 heavy (non-hydrogen) atoms. The van der Waals surface area contributed by atoms with Gasteiger partial charge in [-0.05, 0) is 49.2 Å². The van der Waals surface area contributed by atoms with Crippen LogP contribution in [0.25, 0.3) is 0 Å². The first-order valence-corrected chi connectivity index (χ1v) is 8.29. The minimum Gasteiger partial charge on any atom is -0.506 e. The van der Waals surface area contributed by atoms with Crippen LogP contribution in [-0.4, -0.2) is 10.9 Å². The van der Waals surface area contributed by atoms with E-state index in [1.807, 2.05) is 48.5 Å². The van der Waals surface area contributed by atoms with Gasteiger partial charge in [0.25, 0.3) is 0 Å². The minimum atomic E-state index is 0.0748. The summed E-state index contributed by atoms with van der Waals surface area (Å²) in [5.41, 5.74) is 7.53. The van der Waals surface area contributed by atoms with Crippen molar-refractivity contribution in [1.29, 1.82) is 0 Å². The summed E-state index contributed by atoms with van der Waals surface area (Å²) in [6.45, 7) is 4.12. The van der Waals surface area contributed by atoms with E-state index in [4.69, 9.17) is 0 Å². The van der Waals surface area contributed by atoms with Gasteiger partial charge in [-0.3, -0.25) is 5.43 Å². The average Bonchev–Trinajstić information content (AvgIpc) is 2.66. The van der Waals surface area contributed by atoms with Gasteiger partial charge in [-0.15, -0.1) is 10.2 Å². The van der Waals surface area contributed by atoms with Crippen molar-refractivity contribution >= 4 is 17.2 Å². The van der Waals surface area contributed by atoms with Crippen LogP contribution in [0.1, 0.15) is 16.7 Å². The number of nitrogens with one attached hydrogen (secondary N) is 1. The molecular formula is C21H20N4O. The molecule has 5 heteroatoms.